The van der Waals surface area contributed by atoms with E-state index in [1.54, 1.807) is 0 Å². The Morgan fingerprint density at radius 2 is 0.654 bits per heavy atom. The van der Waals surface area contributed by atoms with Gasteiger partial charge in [0.05, 0.1) is 11.2 Å². The van der Waals surface area contributed by atoms with Gasteiger partial charge in [-0.2, -0.15) is 0 Å². The molecule has 8 saturated carbocycles. The third-order valence-corrected chi connectivity index (χ3v) is 10.3. The lowest BCUT2D eigenvalue weighted by Gasteiger charge is -2.78. The fourth-order valence-electron chi connectivity index (χ4n) is 12.4. The molecular formula is C24H38O2. The highest BCUT2D eigenvalue weighted by Crippen LogP contribution is 2.82. The predicted octanol–water partition coefficient (Wildman–Crippen LogP) is 5.21. The van der Waals surface area contributed by atoms with E-state index < -0.39 is 11.2 Å². The largest absolute Gasteiger partial charge is 0.390 e. The predicted molar refractivity (Wildman–Crippen MR) is 103 cm³/mol. The minimum absolute atomic E-state index is 0.262. The lowest BCUT2D eigenvalue weighted by molar-refractivity contribution is -0.318. The third-order valence-electron chi connectivity index (χ3n) is 10.3. The van der Waals surface area contributed by atoms with Crippen molar-refractivity contribution in [2.45, 2.75) is 116 Å². The summed E-state index contributed by atoms with van der Waals surface area (Å²) in [5.74, 6) is 0. The molecule has 0 aromatic carbocycles. The van der Waals surface area contributed by atoms with Gasteiger partial charge in [-0.1, -0.05) is 27.7 Å². The first-order valence-electron chi connectivity index (χ1n) is 11.2. The van der Waals surface area contributed by atoms with Crippen LogP contribution in [0.4, 0.5) is 0 Å². The van der Waals surface area contributed by atoms with Crippen molar-refractivity contribution in [3.63, 3.8) is 0 Å². The van der Waals surface area contributed by atoms with Gasteiger partial charge in [0.1, 0.15) is 0 Å². The highest BCUT2D eigenvalue weighted by molar-refractivity contribution is 5.26. The maximum Gasteiger partial charge on any atom is 0.0663 e. The van der Waals surface area contributed by atoms with E-state index in [0.717, 1.165) is 38.5 Å². The molecule has 4 atom stereocenters. The SMILES string of the molecule is CC12CC3(C)CC(O)(C1)CC(C14CC5(C)CC(C)(CC(O)(C5)C1)C4)(C2)C3. The summed E-state index contributed by atoms with van der Waals surface area (Å²) in [4.78, 5) is 0. The van der Waals surface area contributed by atoms with E-state index in [2.05, 4.69) is 27.7 Å². The van der Waals surface area contributed by atoms with Crippen molar-refractivity contribution in [3.8, 4) is 0 Å². The van der Waals surface area contributed by atoms with Gasteiger partial charge in [0.15, 0.2) is 0 Å². The molecule has 8 bridgehead atoms. The molecule has 0 aromatic rings. The zero-order valence-corrected chi connectivity index (χ0v) is 17.4. The minimum atomic E-state index is -0.438. The quantitative estimate of drug-likeness (QED) is 0.675. The van der Waals surface area contributed by atoms with Crippen LogP contribution >= 0.6 is 0 Å². The van der Waals surface area contributed by atoms with Crippen LogP contribution < -0.4 is 0 Å². The monoisotopic (exact) mass is 358 g/mol. The standard InChI is InChI=1S/C24H38O2/c1-17-5-18(2)8-21(7-17,15-23(25,11-17)12-18)22-9-19(3)6-20(4,10-22)14-24(26,13-19)16-22/h25-26H,5-16H2,1-4H3. The molecule has 26 heavy (non-hydrogen) atoms. The topological polar surface area (TPSA) is 40.5 Å². The molecule has 0 aliphatic heterocycles. The normalized spacial score (nSPS) is 70.8. The Morgan fingerprint density at radius 1 is 0.385 bits per heavy atom. The molecule has 2 nitrogen and oxygen atoms in total. The van der Waals surface area contributed by atoms with Gasteiger partial charge < -0.3 is 10.2 Å². The van der Waals surface area contributed by atoms with Gasteiger partial charge in [-0.15, -0.1) is 0 Å². The van der Waals surface area contributed by atoms with Gasteiger partial charge in [0.2, 0.25) is 0 Å². The first-order valence-corrected chi connectivity index (χ1v) is 11.2. The first-order chi connectivity index (χ1) is 11.7. The highest BCUT2D eigenvalue weighted by Gasteiger charge is 2.76. The molecule has 0 heterocycles. The van der Waals surface area contributed by atoms with Gasteiger partial charge in [-0.3, -0.25) is 0 Å². The first kappa shape index (κ1) is 16.8. The van der Waals surface area contributed by atoms with Crippen LogP contribution in [0.3, 0.4) is 0 Å². The maximum absolute atomic E-state index is 11.6. The number of hydrogen-bond acceptors (Lipinski definition) is 2. The summed E-state index contributed by atoms with van der Waals surface area (Å²) in [7, 11) is 0. The van der Waals surface area contributed by atoms with Crippen molar-refractivity contribution >= 4 is 0 Å². The summed E-state index contributed by atoms with van der Waals surface area (Å²) >= 11 is 0. The van der Waals surface area contributed by atoms with Crippen molar-refractivity contribution in [3.05, 3.63) is 0 Å². The van der Waals surface area contributed by atoms with Gasteiger partial charge in [-0.05, 0) is 110 Å². The molecule has 8 aliphatic carbocycles. The van der Waals surface area contributed by atoms with E-state index in [-0.39, 0.29) is 10.8 Å². The van der Waals surface area contributed by atoms with E-state index in [0.29, 0.717) is 21.7 Å². The fourth-order valence-corrected chi connectivity index (χ4v) is 12.4. The Morgan fingerprint density at radius 3 is 0.885 bits per heavy atom. The molecule has 8 aliphatic rings. The molecule has 0 radical (unpaired) electrons. The molecule has 0 spiro atoms. The summed E-state index contributed by atoms with van der Waals surface area (Å²) in [5.41, 5.74) is 0.892. The fraction of sp³-hybridized carbons (Fsp3) is 1.00. The van der Waals surface area contributed by atoms with Crippen LogP contribution in [-0.2, 0) is 0 Å². The van der Waals surface area contributed by atoms with Gasteiger partial charge in [0, 0.05) is 0 Å². The van der Waals surface area contributed by atoms with Crippen LogP contribution in [-0.4, -0.2) is 21.4 Å². The van der Waals surface area contributed by atoms with E-state index in [1.165, 1.54) is 38.5 Å². The van der Waals surface area contributed by atoms with E-state index in [9.17, 15) is 10.2 Å². The van der Waals surface area contributed by atoms with Gasteiger partial charge >= 0.3 is 0 Å². The molecule has 2 heteroatoms. The average molecular weight is 359 g/mol. The van der Waals surface area contributed by atoms with Gasteiger partial charge in [0.25, 0.3) is 0 Å². The zero-order chi connectivity index (χ0) is 18.5. The van der Waals surface area contributed by atoms with Crippen LogP contribution in [0.1, 0.15) is 105 Å². The van der Waals surface area contributed by atoms with E-state index >= 15 is 0 Å². The number of rotatable bonds is 1. The number of aliphatic hydroxyl groups is 2. The Kier molecular flexibility index (Phi) is 2.57. The molecule has 4 unspecified atom stereocenters. The lowest BCUT2D eigenvalue weighted by Crippen LogP contribution is -2.72. The molecule has 0 amide bonds. The van der Waals surface area contributed by atoms with E-state index in [4.69, 9.17) is 0 Å². The molecule has 0 saturated heterocycles. The van der Waals surface area contributed by atoms with Crippen molar-refractivity contribution in [1.29, 1.82) is 0 Å². The van der Waals surface area contributed by atoms with Gasteiger partial charge in [-0.25, -0.2) is 0 Å². The molecule has 146 valence electrons. The summed E-state index contributed by atoms with van der Waals surface area (Å²) in [6.45, 7) is 9.89. The Bertz CT molecular complexity index is 540. The van der Waals surface area contributed by atoms with Crippen molar-refractivity contribution in [2.75, 3.05) is 0 Å². The average Bonchev–Trinajstić information content (AvgIpc) is 2.25. The summed E-state index contributed by atoms with van der Waals surface area (Å²) in [5, 5.41) is 23.3. The summed E-state index contributed by atoms with van der Waals surface area (Å²) < 4.78 is 0. The Hall–Kier alpha value is -0.0800. The Balaban J connectivity index is 1.53. The Labute approximate surface area is 159 Å². The third kappa shape index (κ3) is 1.92. The van der Waals surface area contributed by atoms with Crippen molar-refractivity contribution < 1.29 is 10.2 Å². The van der Waals surface area contributed by atoms with Crippen LogP contribution in [0.5, 0.6) is 0 Å². The molecule has 8 fully saturated rings. The van der Waals surface area contributed by atoms with Crippen LogP contribution in [0, 0.1) is 32.5 Å². The zero-order valence-electron chi connectivity index (χ0n) is 17.4. The second kappa shape index (κ2) is 3.97. The number of hydrogen-bond donors (Lipinski definition) is 2. The molecular weight excluding hydrogens is 320 g/mol. The van der Waals surface area contributed by atoms with Crippen molar-refractivity contribution in [2.24, 2.45) is 32.5 Å². The van der Waals surface area contributed by atoms with Crippen LogP contribution in [0.15, 0.2) is 0 Å². The molecule has 2 N–H and O–H groups in total. The molecule has 8 rings (SSSR count). The highest BCUT2D eigenvalue weighted by atomic mass is 16.3. The smallest absolute Gasteiger partial charge is 0.0663 e. The lowest BCUT2D eigenvalue weighted by atomic mass is 9.27. The minimum Gasteiger partial charge on any atom is -0.390 e. The summed E-state index contributed by atoms with van der Waals surface area (Å²) in [6, 6.07) is 0. The molecule has 0 aromatic heterocycles. The maximum atomic E-state index is 11.6. The van der Waals surface area contributed by atoms with E-state index in [1.807, 2.05) is 0 Å². The van der Waals surface area contributed by atoms with Crippen LogP contribution in [0.25, 0.3) is 0 Å². The van der Waals surface area contributed by atoms with Crippen molar-refractivity contribution in [1.82, 2.24) is 0 Å². The second-order valence-corrected chi connectivity index (χ2v) is 14.4. The van der Waals surface area contributed by atoms with Crippen LogP contribution in [0.2, 0.25) is 0 Å². The second-order valence-electron chi connectivity index (χ2n) is 14.4. The summed E-state index contributed by atoms with van der Waals surface area (Å²) in [6.07, 6.45) is 14.0.